The molecule has 0 radical (unpaired) electrons. The highest BCUT2D eigenvalue weighted by molar-refractivity contribution is 5.89. The molecule has 1 aliphatic rings. The lowest BCUT2D eigenvalue weighted by atomic mass is 10.2. The number of anilines is 1. The summed E-state index contributed by atoms with van der Waals surface area (Å²) >= 11 is 0. The van der Waals surface area contributed by atoms with Crippen molar-refractivity contribution >= 4 is 11.7 Å². The molecule has 4 heteroatoms. The molecule has 0 bridgehead atoms. The van der Waals surface area contributed by atoms with Crippen LogP contribution in [0.1, 0.15) is 18.4 Å². The Morgan fingerprint density at radius 1 is 1.56 bits per heavy atom. The molecule has 0 unspecified atom stereocenters. The molecule has 0 aromatic heterocycles. The molecule has 3 N–H and O–H groups in total. The van der Waals surface area contributed by atoms with Crippen molar-refractivity contribution in [1.82, 2.24) is 4.90 Å². The van der Waals surface area contributed by atoms with Crippen LogP contribution in [0.15, 0.2) is 24.3 Å². The fourth-order valence-corrected chi connectivity index (χ4v) is 1.62. The Labute approximate surface area is 95.4 Å². The topological polar surface area (TPSA) is 58.4 Å². The highest BCUT2D eigenvalue weighted by Crippen LogP contribution is 2.25. The van der Waals surface area contributed by atoms with Crippen LogP contribution >= 0.6 is 0 Å². The van der Waals surface area contributed by atoms with E-state index in [1.54, 1.807) is 4.90 Å². The normalized spacial score (nSPS) is 14.6. The predicted octanol–water partition coefficient (Wildman–Crippen LogP) is 1.77. The molecule has 1 aromatic carbocycles. The van der Waals surface area contributed by atoms with Gasteiger partial charge in [0.1, 0.15) is 0 Å². The molecule has 0 spiro atoms. The van der Waals surface area contributed by atoms with E-state index in [4.69, 9.17) is 5.73 Å². The van der Waals surface area contributed by atoms with E-state index in [0.29, 0.717) is 12.6 Å². The molecule has 0 heterocycles. The van der Waals surface area contributed by atoms with Crippen LogP contribution in [0.3, 0.4) is 0 Å². The Morgan fingerprint density at radius 2 is 2.31 bits per heavy atom. The van der Waals surface area contributed by atoms with Gasteiger partial charge < -0.3 is 16.0 Å². The molecule has 1 saturated carbocycles. The molecule has 16 heavy (non-hydrogen) atoms. The number of urea groups is 1. The molecule has 1 fully saturated rings. The van der Waals surface area contributed by atoms with Gasteiger partial charge in [0.25, 0.3) is 0 Å². The highest BCUT2D eigenvalue weighted by atomic mass is 16.2. The summed E-state index contributed by atoms with van der Waals surface area (Å²) in [5.74, 6) is 0. The van der Waals surface area contributed by atoms with Gasteiger partial charge in [-0.25, -0.2) is 4.79 Å². The van der Waals surface area contributed by atoms with E-state index in [9.17, 15) is 4.79 Å². The van der Waals surface area contributed by atoms with Gasteiger partial charge in [-0.1, -0.05) is 12.1 Å². The average Bonchev–Trinajstić information content (AvgIpc) is 3.12. The zero-order valence-corrected chi connectivity index (χ0v) is 9.44. The lowest BCUT2D eigenvalue weighted by Crippen LogP contribution is -2.33. The second kappa shape index (κ2) is 4.53. The minimum absolute atomic E-state index is 0.0447. The van der Waals surface area contributed by atoms with E-state index in [0.717, 1.165) is 24.1 Å². The van der Waals surface area contributed by atoms with Gasteiger partial charge in [0.2, 0.25) is 0 Å². The third kappa shape index (κ3) is 2.52. The maximum atomic E-state index is 11.8. The smallest absolute Gasteiger partial charge is 0.321 e. The van der Waals surface area contributed by atoms with Crippen molar-refractivity contribution in [3.8, 4) is 0 Å². The molecule has 86 valence electrons. The van der Waals surface area contributed by atoms with Crippen LogP contribution in [0, 0.1) is 0 Å². The SMILES string of the molecule is CN(C(=O)Nc1cccc(CN)c1)C1CC1. The van der Waals surface area contributed by atoms with Gasteiger partial charge in [0.15, 0.2) is 0 Å². The summed E-state index contributed by atoms with van der Waals surface area (Å²) in [4.78, 5) is 13.5. The summed E-state index contributed by atoms with van der Waals surface area (Å²) < 4.78 is 0. The quantitative estimate of drug-likeness (QED) is 0.814. The minimum atomic E-state index is -0.0447. The molecule has 0 aliphatic heterocycles. The van der Waals surface area contributed by atoms with E-state index >= 15 is 0 Å². The summed E-state index contributed by atoms with van der Waals surface area (Å²) in [6, 6.07) is 8.00. The standard InChI is InChI=1S/C12H17N3O/c1-15(11-5-6-11)12(16)14-10-4-2-3-9(7-10)8-13/h2-4,7,11H,5-6,8,13H2,1H3,(H,14,16). The maximum Gasteiger partial charge on any atom is 0.321 e. The predicted molar refractivity (Wildman–Crippen MR) is 64.1 cm³/mol. The van der Waals surface area contributed by atoms with E-state index in [1.165, 1.54) is 0 Å². The summed E-state index contributed by atoms with van der Waals surface area (Å²) in [5, 5.41) is 2.87. The number of nitrogens with zero attached hydrogens (tertiary/aromatic N) is 1. The van der Waals surface area contributed by atoms with E-state index < -0.39 is 0 Å². The molecule has 0 atom stereocenters. The molecule has 4 nitrogen and oxygen atoms in total. The molecular formula is C12H17N3O. The number of nitrogens with two attached hydrogens (primary N) is 1. The van der Waals surface area contributed by atoms with E-state index in [2.05, 4.69) is 5.32 Å². The van der Waals surface area contributed by atoms with Crippen molar-refractivity contribution < 1.29 is 4.79 Å². The fourth-order valence-electron chi connectivity index (χ4n) is 1.62. The van der Waals surface area contributed by atoms with Crippen molar-refractivity contribution in [1.29, 1.82) is 0 Å². The lowest BCUT2D eigenvalue weighted by molar-refractivity contribution is 0.220. The zero-order valence-electron chi connectivity index (χ0n) is 9.44. The van der Waals surface area contributed by atoms with Crippen molar-refractivity contribution in [2.24, 2.45) is 5.73 Å². The second-order valence-corrected chi connectivity index (χ2v) is 4.18. The van der Waals surface area contributed by atoms with Crippen molar-refractivity contribution in [3.05, 3.63) is 29.8 Å². The zero-order chi connectivity index (χ0) is 11.5. The van der Waals surface area contributed by atoms with Crippen LogP contribution in [-0.2, 0) is 6.54 Å². The fraction of sp³-hybridized carbons (Fsp3) is 0.417. The largest absolute Gasteiger partial charge is 0.326 e. The number of carbonyl (C=O) groups excluding carboxylic acids is 1. The van der Waals surface area contributed by atoms with E-state index in [-0.39, 0.29) is 6.03 Å². The Bertz CT molecular complexity index is 388. The summed E-state index contributed by atoms with van der Waals surface area (Å²) in [6.07, 6.45) is 2.24. The van der Waals surface area contributed by atoms with Crippen LogP contribution in [0.5, 0.6) is 0 Å². The maximum absolute atomic E-state index is 11.8. The summed E-state index contributed by atoms with van der Waals surface area (Å²) in [7, 11) is 1.83. The Kier molecular flexibility index (Phi) is 3.10. The van der Waals surface area contributed by atoms with Crippen LogP contribution < -0.4 is 11.1 Å². The third-order valence-corrected chi connectivity index (χ3v) is 2.83. The minimum Gasteiger partial charge on any atom is -0.326 e. The first-order valence-electron chi connectivity index (χ1n) is 5.53. The lowest BCUT2D eigenvalue weighted by Gasteiger charge is -2.17. The Morgan fingerprint density at radius 3 is 2.94 bits per heavy atom. The average molecular weight is 219 g/mol. The molecule has 2 amide bonds. The molecule has 0 saturated heterocycles. The number of hydrogen-bond acceptors (Lipinski definition) is 2. The first-order valence-corrected chi connectivity index (χ1v) is 5.53. The van der Waals surface area contributed by atoms with Gasteiger partial charge in [-0.3, -0.25) is 0 Å². The first kappa shape index (κ1) is 11.0. The number of rotatable bonds is 3. The van der Waals surface area contributed by atoms with Crippen LogP contribution in [0.4, 0.5) is 10.5 Å². The molecular weight excluding hydrogens is 202 g/mol. The van der Waals surface area contributed by atoms with Crippen molar-refractivity contribution in [2.75, 3.05) is 12.4 Å². The monoisotopic (exact) mass is 219 g/mol. The number of amides is 2. The van der Waals surface area contributed by atoms with Crippen LogP contribution in [0.2, 0.25) is 0 Å². The van der Waals surface area contributed by atoms with Crippen molar-refractivity contribution in [3.63, 3.8) is 0 Å². The van der Waals surface area contributed by atoms with Gasteiger partial charge in [0.05, 0.1) is 0 Å². The van der Waals surface area contributed by atoms with Crippen LogP contribution in [-0.4, -0.2) is 24.0 Å². The molecule has 2 rings (SSSR count). The van der Waals surface area contributed by atoms with Gasteiger partial charge in [-0.05, 0) is 30.5 Å². The summed E-state index contributed by atoms with van der Waals surface area (Å²) in [6.45, 7) is 0.488. The van der Waals surface area contributed by atoms with Gasteiger partial charge in [-0.2, -0.15) is 0 Å². The third-order valence-electron chi connectivity index (χ3n) is 2.83. The Hall–Kier alpha value is -1.55. The molecule has 1 aliphatic carbocycles. The summed E-state index contributed by atoms with van der Waals surface area (Å²) in [5.41, 5.74) is 7.37. The number of nitrogens with one attached hydrogen (secondary N) is 1. The van der Waals surface area contributed by atoms with Gasteiger partial charge in [-0.15, -0.1) is 0 Å². The molecule has 1 aromatic rings. The number of hydrogen-bond donors (Lipinski definition) is 2. The second-order valence-electron chi connectivity index (χ2n) is 4.18. The number of benzene rings is 1. The van der Waals surface area contributed by atoms with Gasteiger partial charge >= 0.3 is 6.03 Å². The number of carbonyl (C=O) groups is 1. The van der Waals surface area contributed by atoms with E-state index in [1.807, 2.05) is 31.3 Å². The first-order chi connectivity index (χ1) is 7.70. The van der Waals surface area contributed by atoms with Crippen molar-refractivity contribution in [2.45, 2.75) is 25.4 Å². The van der Waals surface area contributed by atoms with Crippen LogP contribution in [0.25, 0.3) is 0 Å². The Balaban J connectivity index is 1.99. The van der Waals surface area contributed by atoms with Gasteiger partial charge in [0, 0.05) is 25.3 Å². The highest BCUT2D eigenvalue weighted by Gasteiger charge is 2.29.